The summed E-state index contributed by atoms with van der Waals surface area (Å²) in [4.78, 5) is 10.0. The van der Waals surface area contributed by atoms with Gasteiger partial charge in [-0.3, -0.25) is 9.80 Å². The van der Waals surface area contributed by atoms with Gasteiger partial charge in [-0.15, -0.1) is 0 Å². The largest absolute Gasteiger partial charge is 0.328 e. The van der Waals surface area contributed by atoms with Crippen molar-refractivity contribution in [3.05, 3.63) is 11.5 Å². The number of nitrogens with zero attached hydrogens (tertiary/aromatic N) is 2. The van der Waals surface area contributed by atoms with E-state index in [1.807, 2.05) is 11.5 Å². The average molecular weight is 143 g/mol. The van der Waals surface area contributed by atoms with Gasteiger partial charge in [-0.1, -0.05) is 6.08 Å². The van der Waals surface area contributed by atoms with Crippen LogP contribution in [-0.4, -0.2) is 29.4 Å². The van der Waals surface area contributed by atoms with E-state index in [9.17, 15) is 4.79 Å². The Balaban J connectivity index is 2.35. The lowest BCUT2D eigenvalue weighted by Crippen LogP contribution is -2.31. The first-order chi connectivity index (χ1) is 4.34. The number of rotatable bonds is 2. The van der Waals surface area contributed by atoms with E-state index >= 15 is 0 Å². The zero-order valence-electron chi connectivity index (χ0n) is 5.07. The van der Waals surface area contributed by atoms with Gasteiger partial charge in [0.1, 0.15) is 0 Å². The third-order valence-electron chi connectivity index (χ3n) is 1.01. The summed E-state index contributed by atoms with van der Waals surface area (Å²) in [5.41, 5.74) is 0. The van der Waals surface area contributed by atoms with Crippen LogP contribution in [0.25, 0.3) is 0 Å². The van der Waals surface area contributed by atoms with Gasteiger partial charge in [0.2, 0.25) is 0 Å². The highest BCUT2D eigenvalue weighted by atomic mass is 32.2. The van der Waals surface area contributed by atoms with Crippen LogP contribution in [-0.2, 0) is 4.79 Å². The Bertz CT molecular complexity index is 129. The third kappa shape index (κ3) is 1.46. The van der Waals surface area contributed by atoms with Crippen molar-refractivity contribution in [3.8, 4) is 0 Å². The minimum absolute atomic E-state index is 0.788. The van der Waals surface area contributed by atoms with Gasteiger partial charge in [0.25, 0.3) is 0 Å². The molecule has 0 saturated heterocycles. The van der Waals surface area contributed by atoms with E-state index in [0.29, 0.717) is 0 Å². The molecule has 0 atom stereocenters. The molecule has 0 fully saturated rings. The number of hydrogen-bond acceptors (Lipinski definition) is 3. The predicted molar refractivity (Wildman–Crippen MR) is 36.9 cm³/mol. The molecule has 0 N–H and O–H groups in total. The lowest BCUT2D eigenvalue weighted by atomic mass is 10.6. The Labute approximate surface area is 58.4 Å². The molecule has 1 aliphatic rings. The zero-order valence-corrected chi connectivity index (χ0v) is 5.89. The first-order valence-electron chi connectivity index (χ1n) is 2.55. The first-order valence-corrected chi connectivity index (χ1v) is 3.39. The van der Waals surface area contributed by atoms with Crippen LogP contribution in [0.15, 0.2) is 11.5 Å². The number of amides is 1. The summed E-state index contributed by atoms with van der Waals surface area (Å²) in [6.07, 6.45) is 3.74. The lowest BCUT2D eigenvalue weighted by Gasteiger charge is -2.19. The van der Waals surface area contributed by atoms with Gasteiger partial charge in [0.05, 0.1) is 0 Å². The van der Waals surface area contributed by atoms with Crippen LogP contribution < -0.4 is 0 Å². The quantitative estimate of drug-likeness (QED) is 0.412. The molecule has 0 unspecified atom stereocenters. The standard InChI is InChI=1S/C5H7N2OS/c1-6(5-8)7-3-2-4-9-7/h2,4H,3H2,1H3. The minimum Gasteiger partial charge on any atom is -0.262 e. The summed E-state index contributed by atoms with van der Waals surface area (Å²) in [5.74, 6) is 0. The maximum absolute atomic E-state index is 10.0. The fourth-order valence-electron chi connectivity index (χ4n) is 0.528. The second kappa shape index (κ2) is 2.89. The van der Waals surface area contributed by atoms with Crippen LogP contribution >= 0.6 is 11.9 Å². The molecule has 0 saturated carbocycles. The number of carbonyl (C=O) groups excluding carboxylic acids is 1. The van der Waals surface area contributed by atoms with Gasteiger partial charge in [0, 0.05) is 13.6 Å². The normalized spacial score (nSPS) is 18.3. The van der Waals surface area contributed by atoms with Crippen molar-refractivity contribution in [1.82, 2.24) is 9.42 Å². The summed E-state index contributed by atoms with van der Waals surface area (Å²) in [6, 6.07) is 0. The molecule has 0 bridgehead atoms. The van der Waals surface area contributed by atoms with Crippen LogP contribution in [0.1, 0.15) is 0 Å². The van der Waals surface area contributed by atoms with Crippen molar-refractivity contribution in [2.75, 3.05) is 13.6 Å². The molecule has 9 heavy (non-hydrogen) atoms. The Hall–Kier alpha value is -0.480. The third-order valence-corrected chi connectivity index (χ3v) is 1.96. The van der Waals surface area contributed by atoms with Gasteiger partial charge in [-0.25, -0.2) is 0 Å². The lowest BCUT2D eigenvalue weighted by molar-refractivity contribution is 0.216. The number of hydrogen-bond donors (Lipinski definition) is 0. The fourth-order valence-corrected chi connectivity index (χ4v) is 1.19. The second-order valence-corrected chi connectivity index (χ2v) is 2.53. The molecule has 0 spiro atoms. The van der Waals surface area contributed by atoms with Gasteiger partial charge in [-0.2, -0.15) is 4.41 Å². The maximum Gasteiger partial charge on any atom is 0.328 e. The van der Waals surface area contributed by atoms with E-state index in [1.165, 1.54) is 17.0 Å². The van der Waals surface area contributed by atoms with Crippen LogP contribution in [0.2, 0.25) is 0 Å². The maximum atomic E-state index is 10.0. The van der Waals surface area contributed by atoms with E-state index in [4.69, 9.17) is 0 Å². The zero-order chi connectivity index (χ0) is 6.69. The smallest absolute Gasteiger partial charge is 0.262 e. The van der Waals surface area contributed by atoms with Crippen LogP contribution in [0.5, 0.6) is 0 Å². The summed E-state index contributed by atoms with van der Waals surface area (Å²) in [7, 11) is 1.67. The molecule has 1 amide bonds. The summed E-state index contributed by atoms with van der Waals surface area (Å²) in [5, 5.41) is 3.33. The Morgan fingerprint density at radius 3 is 3.11 bits per heavy atom. The predicted octanol–water partition coefficient (Wildman–Crippen LogP) is 0.378. The van der Waals surface area contributed by atoms with Crippen LogP contribution in [0.3, 0.4) is 0 Å². The molecule has 0 aromatic carbocycles. The molecule has 1 radical (unpaired) electrons. The van der Waals surface area contributed by atoms with Crippen molar-refractivity contribution >= 4 is 18.4 Å². The molecule has 1 heterocycles. The molecule has 1 rings (SSSR count). The SMILES string of the molecule is CN([C]=O)N1CC=CS1. The highest BCUT2D eigenvalue weighted by Crippen LogP contribution is 2.17. The number of hydrazine groups is 1. The van der Waals surface area contributed by atoms with Gasteiger partial charge in [0.15, 0.2) is 0 Å². The molecule has 4 heteroatoms. The van der Waals surface area contributed by atoms with E-state index < -0.39 is 0 Å². The summed E-state index contributed by atoms with van der Waals surface area (Å²) in [6.45, 7) is 0.788. The Kier molecular flexibility index (Phi) is 2.13. The molecular weight excluding hydrogens is 136 g/mol. The molecular formula is C5H7N2OS. The van der Waals surface area contributed by atoms with Crippen molar-refractivity contribution in [3.63, 3.8) is 0 Å². The fraction of sp³-hybridized carbons (Fsp3) is 0.400. The minimum atomic E-state index is 0.788. The van der Waals surface area contributed by atoms with Crippen molar-refractivity contribution in [2.45, 2.75) is 0 Å². The van der Waals surface area contributed by atoms with Gasteiger partial charge >= 0.3 is 6.41 Å². The van der Waals surface area contributed by atoms with E-state index in [2.05, 4.69) is 0 Å². The van der Waals surface area contributed by atoms with Crippen LogP contribution in [0, 0.1) is 0 Å². The topological polar surface area (TPSA) is 23.6 Å². The van der Waals surface area contributed by atoms with E-state index in [-0.39, 0.29) is 0 Å². The summed E-state index contributed by atoms with van der Waals surface area (Å²) < 4.78 is 1.80. The highest BCUT2D eigenvalue weighted by Gasteiger charge is 2.10. The van der Waals surface area contributed by atoms with E-state index in [0.717, 1.165) is 6.54 Å². The van der Waals surface area contributed by atoms with Crippen molar-refractivity contribution in [2.24, 2.45) is 0 Å². The summed E-state index contributed by atoms with van der Waals surface area (Å²) >= 11 is 1.49. The molecule has 3 nitrogen and oxygen atoms in total. The van der Waals surface area contributed by atoms with Crippen molar-refractivity contribution in [1.29, 1.82) is 0 Å². The first kappa shape index (κ1) is 6.64. The van der Waals surface area contributed by atoms with Gasteiger partial charge < -0.3 is 0 Å². The molecule has 0 aromatic heterocycles. The monoisotopic (exact) mass is 143 g/mol. The average Bonchev–Trinajstić information content (AvgIpc) is 2.37. The Morgan fingerprint density at radius 1 is 1.89 bits per heavy atom. The molecule has 0 aromatic rings. The Morgan fingerprint density at radius 2 is 2.67 bits per heavy atom. The second-order valence-electron chi connectivity index (χ2n) is 1.63. The van der Waals surface area contributed by atoms with Crippen LogP contribution in [0.4, 0.5) is 0 Å². The molecule has 0 aliphatic carbocycles. The van der Waals surface area contributed by atoms with Crippen molar-refractivity contribution < 1.29 is 4.79 Å². The van der Waals surface area contributed by atoms with E-state index in [1.54, 1.807) is 17.9 Å². The molecule has 49 valence electrons. The molecule has 1 aliphatic heterocycles. The highest BCUT2D eigenvalue weighted by molar-refractivity contribution is 8.00. The van der Waals surface area contributed by atoms with Gasteiger partial charge in [-0.05, 0) is 17.4 Å².